The van der Waals surface area contributed by atoms with Crippen molar-refractivity contribution >= 4 is 15.9 Å². The molecule has 0 saturated heterocycles. The highest BCUT2D eigenvalue weighted by atomic mass is 79.9. The van der Waals surface area contributed by atoms with Gasteiger partial charge < -0.3 is 14.8 Å². The van der Waals surface area contributed by atoms with E-state index in [4.69, 9.17) is 9.47 Å². The van der Waals surface area contributed by atoms with Crippen LogP contribution in [0.4, 0.5) is 0 Å². The van der Waals surface area contributed by atoms with Crippen LogP contribution in [-0.2, 0) is 0 Å². The maximum absolute atomic E-state index is 5.76. The van der Waals surface area contributed by atoms with E-state index in [1.54, 1.807) is 7.11 Å². The maximum Gasteiger partial charge on any atom is 0.133 e. The van der Waals surface area contributed by atoms with E-state index in [-0.39, 0.29) is 0 Å². The highest BCUT2D eigenvalue weighted by molar-refractivity contribution is 9.10. The Balaban J connectivity index is 2.09. The molecule has 20 heavy (non-hydrogen) atoms. The van der Waals surface area contributed by atoms with Crippen molar-refractivity contribution < 1.29 is 9.47 Å². The highest BCUT2D eigenvalue weighted by Crippen LogP contribution is 2.29. The zero-order chi connectivity index (χ0) is 14.8. The molecule has 1 N–H and O–H groups in total. The molecule has 0 spiro atoms. The van der Waals surface area contributed by atoms with Gasteiger partial charge in [0.1, 0.15) is 11.5 Å². The van der Waals surface area contributed by atoms with Crippen LogP contribution >= 0.6 is 15.9 Å². The van der Waals surface area contributed by atoms with Gasteiger partial charge in [0.05, 0.1) is 18.2 Å². The predicted octanol–water partition coefficient (Wildman–Crippen LogP) is 4.25. The van der Waals surface area contributed by atoms with Crippen LogP contribution in [0.25, 0.3) is 0 Å². The molecule has 0 aliphatic rings. The number of unbranched alkanes of at least 4 members (excludes halogenated alkanes) is 2. The lowest BCUT2D eigenvalue weighted by atomic mass is 10.2. The van der Waals surface area contributed by atoms with Gasteiger partial charge in [0.2, 0.25) is 0 Å². The molecule has 1 aromatic carbocycles. The van der Waals surface area contributed by atoms with Crippen molar-refractivity contribution in [2.75, 3.05) is 26.8 Å². The maximum atomic E-state index is 5.76. The van der Waals surface area contributed by atoms with E-state index in [2.05, 4.69) is 35.1 Å². The Labute approximate surface area is 131 Å². The van der Waals surface area contributed by atoms with Crippen molar-refractivity contribution in [1.29, 1.82) is 0 Å². The van der Waals surface area contributed by atoms with E-state index in [0.717, 1.165) is 48.0 Å². The van der Waals surface area contributed by atoms with Crippen molar-refractivity contribution in [1.82, 2.24) is 5.32 Å². The molecule has 0 atom stereocenters. The first kappa shape index (κ1) is 17.3. The number of hydrogen-bond acceptors (Lipinski definition) is 3. The average Bonchev–Trinajstić information content (AvgIpc) is 2.42. The van der Waals surface area contributed by atoms with Gasteiger partial charge in [-0.05, 0) is 72.4 Å². The van der Waals surface area contributed by atoms with E-state index >= 15 is 0 Å². The standard InChI is InChI=1S/C16H26BrNO2/c1-13(2)12-18-9-5-4-6-10-20-16-8-7-14(19-3)11-15(16)17/h7-8,11,13,18H,4-6,9-10,12H2,1-3H3. The van der Waals surface area contributed by atoms with Gasteiger partial charge in [-0.2, -0.15) is 0 Å². The van der Waals surface area contributed by atoms with Gasteiger partial charge in [0.25, 0.3) is 0 Å². The molecule has 0 bridgehead atoms. The SMILES string of the molecule is COc1ccc(OCCCCCNCC(C)C)c(Br)c1. The number of benzene rings is 1. The van der Waals surface area contributed by atoms with Gasteiger partial charge in [0, 0.05) is 0 Å². The zero-order valence-corrected chi connectivity index (χ0v) is 14.3. The lowest BCUT2D eigenvalue weighted by molar-refractivity contribution is 0.302. The second kappa shape index (κ2) is 10.1. The van der Waals surface area contributed by atoms with Gasteiger partial charge in [-0.3, -0.25) is 0 Å². The van der Waals surface area contributed by atoms with Gasteiger partial charge in [0.15, 0.2) is 0 Å². The topological polar surface area (TPSA) is 30.5 Å². The third-order valence-corrected chi connectivity index (χ3v) is 3.57. The average molecular weight is 344 g/mol. The Morgan fingerprint density at radius 3 is 2.65 bits per heavy atom. The number of methoxy groups -OCH3 is 1. The molecule has 0 fully saturated rings. The summed E-state index contributed by atoms with van der Waals surface area (Å²) >= 11 is 3.49. The van der Waals surface area contributed by atoms with Crippen LogP contribution in [0.15, 0.2) is 22.7 Å². The molecule has 1 aromatic rings. The summed E-state index contributed by atoms with van der Waals surface area (Å²) < 4.78 is 11.9. The fourth-order valence-corrected chi connectivity index (χ4v) is 2.30. The molecule has 0 saturated carbocycles. The van der Waals surface area contributed by atoms with Crippen LogP contribution in [0, 0.1) is 5.92 Å². The van der Waals surface area contributed by atoms with Crippen molar-refractivity contribution in [2.24, 2.45) is 5.92 Å². The number of ether oxygens (including phenoxy) is 2. The van der Waals surface area contributed by atoms with Crippen molar-refractivity contribution in [3.63, 3.8) is 0 Å². The first-order valence-electron chi connectivity index (χ1n) is 7.30. The van der Waals surface area contributed by atoms with E-state index in [1.807, 2.05) is 18.2 Å². The Morgan fingerprint density at radius 2 is 2.00 bits per heavy atom. The molecule has 0 aromatic heterocycles. The summed E-state index contributed by atoms with van der Waals surface area (Å²) in [5.74, 6) is 2.44. The minimum Gasteiger partial charge on any atom is -0.497 e. The lowest BCUT2D eigenvalue weighted by Gasteiger charge is -2.10. The van der Waals surface area contributed by atoms with Crippen LogP contribution in [0.1, 0.15) is 33.1 Å². The molecule has 0 aliphatic heterocycles. The lowest BCUT2D eigenvalue weighted by Crippen LogP contribution is -2.20. The summed E-state index contributed by atoms with van der Waals surface area (Å²) in [6.45, 7) is 7.43. The summed E-state index contributed by atoms with van der Waals surface area (Å²) in [7, 11) is 1.66. The largest absolute Gasteiger partial charge is 0.497 e. The van der Waals surface area contributed by atoms with Gasteiger partial charge >= 0.3 is 0 Å². The Morgan fingerprint density at radius 1 is 1.20 bits per heavy atom. The second-order valence-electron chi connectivity index (χ2n) is 5.30. The number of rotatable bonds is 10. The molecular weight excluding hydrogens is 318 g/mol. The summed E-state index contributed by atoms with van der Waals surface area (Å²) in [5.41, 5.74) is 0. The molecule has 114 valence electrons. The summed E-state index contributed by atoms with van der Waals surface area (Å²) in [6.07, 6.45) is 3.49. The molecule has 0 unspecified atom stereocenters. The second-order valence-corrected chi connectivity index (χ2v) is 6.16. The molecule has 3 nitrogen and oxygen atoms in total. The first-order chi connectivity index (χ1) is 9.63. The van der Waals surface area contributed by atoms with E-state index in [1.165, 1.54) is 12.8 Å². The number of nitrogens with one attached hydrogen (secondary N) is 1. The minimum absolute atomic E-state index is 0.728. The normalized spacial score (nSPS) is 10.8. The first-order valence-corrected chi connectivity index (χ1v) is 8.10. The predicted molar refractivity (Wildman–Crippen MR) is 87.7 cm³/mol. The van der Waals surface area contributed by atoms with Crippen molar-refractivity contribution in [2.45, 2.75) is 33.1 Å². The number of hydrogen-bond donors (Lipinski definition) is 1. The molecule has 0 heterocycles. The summed E-state index contributed by atoms with van der Waals surface area (Å²) in [6, 6.07) is 5.77. The third kappa shape index (κ3) is 7.15. The van der Waals surface area contributed by atoms with Crippen molar-refractivity contribution in [3.05, 3.63) is 22.7 Å². The molecule has 0 amide bonds. The van der Waals surface area contributed by atoms with Crippen molar-refractivity contribution in [3.8, 4) is 11.5 Å². The highest BCUT2D eigenvalue weighted by Gasteiger charge is 2.02. The smallest absolute Gasteiger partial charge is 0.133 e. The zero-order valence-electron chi connectivity index (χ0n) is 12.7. The van der Waals surface area contributed by atoms with Crippen LogP contribution in [0.5, 0.6) is 11.5 Å². The van der Waals surface area contributed by atoms with Gasteiger partial charge in [-0.1, -0.05) is 13.8 Å². The molecule has 0 aliphatic carbocycles. The monoisotopic (exact) mass is 343 g/mol. The Hall–Kier alpha value is -0.740. The quantitative estimate of drug-likeness (QED) is 0.644. The van der Waals surface area contributed by atoms with Crippen LogP contribution in [-0.4, -0.2) is 26.8 Å². The van der Waals surface area contributed by atoms with Crippen LogP contribution < -0.4 is 14.8 Å². The van der Waals surface area contributed by atoms with Gasteiger partial charge in [-0.25, -0.2) is 0 Å². The Bertz CT molecular complexity index is 383. The fraction of sp³-hybridized carbons (Fsp3) is 0.625. The van der Waals surface area contributed by atoms with E-state index in [0.29, 0.717) is 0 Å². The molecule has 0 radical (unpaired) electrons. The molecular formula is C16H26BrNO2. The van der Waals surface area contributed by atoms with E-state index < -0.39 is 0 Å². The minimum atomic E-state index is 0.728. The number of halogens is 1. The summed E-state index contributed by atoms with van der Waals surface area (Å²) in [4.78, 5) is 0. The van der Waals surface area contributed by atoms with Crippen LogP contribution in [0.3, 0.4) is 0 Å². The molecule has 1 rings (SSSR count). The van der Waals surface area contributed by atoms with Gasteiger partial charge in [-0.15, -0.1) is 0 Å². The van der Waals surface area contributed by atoms with Crippen LogP contribution in [0.2, 0.25) is 0 Å². The van der Waals surface area contributed by atoms with E-state index in [9.17, 15) is 0 Å². The molecule has 4 heteroatoms. The summed E-state index contributed by atoms with van der Waals surface area (Å²) in [5, 5.41) is 3.45. The fourth-order valence-electron chi connectivity index (χ4n) is 1.83. The Kier molecular flexibility index (Phi) is 8.70. The third-order valence-electron chi connectivity index (χ3n) is 2.95.